The van der Waals surface area contributed by atoms with Gasteiger partial charge in [-0.15, -0.1) is 11.8 Å². The first-order chi connectivity index (χ1) is 7.10. The molecule has 0 saturated carbocycles. The lowest BCUT2D eigenvalue weighted by Crippen LogP contribution is -2.06. The second kappa shape index (κ2) is 5.11. The summed E-state index contributed by atoms with van der Waals surface area (Å²) in [6.45, 7) is 1.80. The number of hydrogen-bond donors (Lipinski definition) is 0. The zero-order chi connectivity index (χ0) is 11.4. The first kappa shape index (κ1) is 12.0. The highest BCUT2D eigenvalue weighted by Gasteiger charge is 2.14. The van der Waals surface area contributed by atoms with E-state index in [1.54, 1.807) is 13.2 Å². The van der Waals surface area contributed by atoms with Crippen molar-refractivity contribution in [1.29, 1.82) is 0 Å². The van der Waals surface area contributed by atoms with Crippen molar-refractivity contribution < 1.29 is 18.3 Å². The predicted molar refractivity (Wildman–Crippen MR) is 54.1 cm³/mol. The van der Waals surface area contributed by atoms with E-state index in [1.165, 1.54) is 0 Å². The molecule has 82 valence electrons. The van der Waals surface area contributed by atoms with Crippen molar-refractivity contribution in [2.24, 2.45) is 0 Å². The van der Waals surface area contributed by atoms with E-state index in [9.17, 15) is 13.6 Å². The minimum Gasteiger partial charge on any atom is -0.462 e. The van der Waals surface area contributed by atoms with Crippen LogP contribution in [-0.4, -0.2) is 18.8 Å². The van der Waals surface area contributed by atoms with Gasteiger partial charge in [0.1, 0.15) is 11.6 Å². The third-order valence-electron chi connectivity index (χ3n) is 1.71. The molecule has 0 aliphatic heterocycles. The van der Waals surface area contributed by atoms with Crippen molar-refractivity contribution in [3.63, 3.8) is 0 Å². The summed E-state index contributed by atoms with van der Waals surface area (Å²) in [5.41, 5.74) is -0.107. The molecule has 1 rings (SSSR count). The third-order valence-corrected chi connectivity index (χ3v) is 2.51. The quantitative estimate of drug-likeness (QED) is 0.592. The van der Waals surface area contributed by atoms with E-state index in [0.717, 1.165) is 23.9 Å². The average Bonchev–Trinajstić information content (AvgIpc) is 2.17. The SMILES string of the molecule is CCOC(=O)c1cc(F)c(SC)c(F)c1. The molecule has 0 atom stereocenters. The van der Waals surface area contributed by atoms with E-state index < -0.39 is 17.6 Å². The van der Waals surface area contributed by atoms with Crippen LogP contribution in [0.5, 0.6) is 0 Å². The van der Waals surface area contributed by atoms with E-state index in [0.29, 0.717) is 0 Å². The summed E-state index contributed by atoms with van der Waals surface area (Å²) in [4.78, 5) is 11.1. The smallest absolute Gasteiger partial charge is 0.338 e. The molecule has 0 unspecified atom stereocenters. The molecular weight excluding hydrogens is 222 g/mol. The average molecular weight is 232 g/mol. The van der Waals surface area contributed by atoms with Crippen LogP contribution in [-0.2, 0) is 4.74 Å². The molecule has 1 aromatic carbocycles. The van der Waals surface area contributed by atoms with Gasteiger partial charge in [-0.1, -0.05) is 0 Å². The molecule has 0 aliphatic rings. The fraction of sp³-hybridized carbons (Fsp3) is 0.300. The monoisotopic (exact) mass is 232 g/mol. The Labute approximate surface area is 90.6 Å². The van der Waals surface area contributed by atoms with E-state index in [-0.39, 0.29) is 17.1 Å². The lowest BCUT2D eigenvalue weighted by atomic mass is 10.2. The second-order valence-corrected chi connectivity index (χ2v) is 3.51. The van der Waals surface area contributed by atoms with Gasteiger partial charge in [0, 0.05) is 0 Å². The Morgan fingerprint density at radius 2 is 1.93 bits per heavy atom. The van der Waals surface area contributed by atoms with Crippen LogP contribution >= 0.6 is 11.8 Å². The topological polar surface area (TPSA) is 26.3 Å². The molecule has 0 spiro atoms. The molecule has 0 aliphatic carbocycles. The van der Waals surface area contributed by atoms with Crippen LogP contribution in [0.1, 0.15) is 17.3 Å². The molecule has 0 saturated heterocycles. The maximum absolute atomic E-state index is 13.2. The number of hydrogen-bond acceptors (Lipinski definition) is 3. The van der Waals surface area contributed by atoms with Crippen molar-refractivity contribution in [2.45, 2.75) is 11.8 Å². The second-order valence-electron chi connectivity index (χ2n) is 2.69. The van der Waals surface area contributed by atoms with Crippen molar-refractivity contribution in [1.82, 2.24) is 0 Å². The maximum atomic E-state index is 13.2. The molecule has 5 heteroatoms. The summed E-state index contributed by atoms with van der Waals surface area (Å²) in [5.74, 6) is -2.21. The van der Waals surface area contributed by atoms with Crippen LogP contribution in [0.3, 0.4) is 0 Å². The summed E-state index contributed by atoms with van der Waals surface area (Å²) < 4.78 is 31.1. The van der Waals surface area contributed by atoms with E-state index in [2.05, 4.69) is 4.74 Å². The van der Waals surface area contributed by atoms with Gasteiger partial charge in [-0.2, -0.15) is 0 Å². The lowest BCUT2D eigenvalue weighted by Gasteiger charge is -2.05. The number of ether oxygens (including phenoxy) is 1. The van der Waals surface area contributed by atoms with E-state index in [4.69, 9.17) is 0 Å². The molecule has 2 nitrogen and oxygen atoms in total. The van der Waals surface area contributed by atoms with Crippen LogP contribution < -0.4 is 0 Å². The van der Waals surface area contributed by atoms with Gasteiger partial charge in [0.2, 0.25) is 0 Å². The number of carbonyl (C=O) groups excluding carboxylic acids is 1. The Balaban J connectivity index is 3.08. The van der Waals surface area contributed by atoms with Crippen LogP contribution in [0.4, 0.5) is 8.78 Å². The largest absolute Gasteiger partial charge is 0.462 e. The number of halogens is 2. The van der Waals surface area contributed by atoms with E-state index in [1.807, 2.05) is 0 Å². The standard InChI is InChI=1S/C10H10F2O2S/c1-3-14-10(13)6-4-7(11)9(15-2)8(12)5-6/h4-5H,3H2,1-2H3. The Morgan fingerprint density at radius 3 is 2.33 bits per heavy atom. The van der Waals surface area contributed by atoms with Gasteiger partial charge >= 0.3 is 5.97 Å². The summed E-state index contributed by atoms with van der Waals surface area (Å²) >= 11 is 0.954. The number of rotatable bonds is 3. The Morgan fingerprint density at radius 1 is 1.40 bits per heavy atom. The van der Waals surface area contributed by atoms with Gasteiger partial charge < -0.3 is 4.74 Å². The van der Waals surface area contributed by atoms with Gasteiger partial charge in [-0.3, -0.25) is 0 Å². The zero-order valence-electron chi connectivity index (χ0n) is 8.34. The fourth-order valence-corrected chi connectivity index (χ4v) is 1.60. The number of thioether (sulfide) groups is 1. The highest BCUT2D eigenvalue weighted by molar-refractivity contribution is 7.98. The van der Waals surface area contributed by atoms with E-state index >= 15 is 0 Å². The number of carbonyl (C=O) groups is 1. The number of benzene rings is 1. The minimum absolute atomic E-state index is 0.0944. The summed E-state index contributed by atoms with van der Waals surface area (Å²) in [7, 11) is 0. The molecule has 0 fully saturated rings. The zero-order valence-corrected chi connectivity index (χ0v) is 9.16. The van der Waals surface area contributed by atoms with Gasteiger partial charge in [0.15, 0.2) is 0 Å². The Hall–Kier alpha value is -1.10. The van der Waals surface area contributed by atoms with Crippen LogP contribution in [0, 0.1) is 11.6 Å². The molecule has 0 amide bonds. The van der Waals surface area contributed by atoms with Gasteiger partial charge in [-0.25, -0.2) is 13.6 Å². The summed E-state index contributed by atoms with van der Waals surface area (Å²) in [6.07, 6.45) is 1.56. The Kier molecular flexibility index (Phi) is 4.08. The highest BCUT2D eigenvalue weighted by atomic mass is 32.2. The molecule has 0 heterocycles. The predicted octanol–water partition coefficient (Wildman–Crippen LogP) is 2.86. The minimum atomic E-state index is -0.745. The van der Waals surface area contributed by atoms with Crippen LogP contribution in [0.25, 0.3) is 0 Å². The molecule has 1 aromatic rings. The van der Waals surface area contributed by atoms with Crippen molar-refractivity contribution >= 4 is 17.7 Å². The maximum Gasteiger partial charge on any atom is 0.338 e. The van der Waals surface area contributed by atoms with Gasteiger partial charge in [-0.05, 0) is 25.3 Å². The van der Waals surface area contributed by atoms with Crippen LogP contribution in [0.2, 0.25) is 0 Å². The fourth-order valence-electron chi connectivity index (χ4n) is 1.09. The summed E-state index contributed by atoms with van der Waals surface area (Å²) in [6, 6.07) is 1.96. The molecule has 0 N–H and O–H groups in total. The molecule has 0 radical (unpaired) electrons. The molecule has 0 aromatic heterocycles. The van der Waals surface area contributed by atoms with Crippen molar-refractivity contribution in [3.05, 3.63) is 29.3 Å². The Bertz CT molecular complexity index is 357. The molecular formula is C10H10F2O2S. The molecule has 15 heavy (non-hydrogen) atoms. The normalized spacial score (nSPS) is 10.1. The summed E-state index contributed by atoms with van der Waals surface area (Å²) in [5, 5.41) is 0. The highest BCUT2D eigenvalue weighted by Crippen LogP contribution is 2.24. The first-order valence-corrected chi connectivity index (χ1v) is 5.52. The first-order valence-electron chi connectivity index (χ1n) is 4.30. The van der Waals surface area contributed by atoms with Crippen molar-refractivity contribution in [3.8, 4) is 0 Å². The van der Waals surface area contributed by atoms with Gasteiger partial charge in [0.25, 0.3) is 0 Å². The third kappa shape index (κ3) is 2.68. The molecule has 0 bridgehead atoms. The number of esters is 1. The van der Waals surface area contributed by atoms with Gasteiger partial charge in [0.05, 0.1) is 17.1 Å². The lowest BCUT2D eigenvalue weighted by molar-refractivity contribution is 0.0525. The van der Waals surface area contributed by atoms with Crippen LogP contribution in [0.15, 0.2) is 17.0 Å². The van der Waals surface area contributed by atoms with Crippen molar-refractivity contribution in [2.75, 3.05) is 12.9 Å².